The molecular weight excluding hydrogens is 458 g/mol. The van der Waals surface area contributed by atoms with Crippen molar-refractivity contribution in [3.8, 4) is 22.9 Å². The van der Waals surface area contributed by atoms with Crippen molar-refractivity contribution < 1.29 is 4.79 Å². The number of hydrogen-bond acceptors (Lipinski definition) is 3. The van der Waals surface area contributed by atoms with Crippen LogP contribution in [0.1, 0.15) is 47.7 Å². The fourth-order valence-electron chi connectivity index (χ4n) is 4.60. The quantitative estimate of drug-likeness (QED) is 0.319. The van der Waals surface area contributed by atoms with E-state index in [-0.39, 0.29) is 24.4 Å². The van der Waals surface area contributed by atoms with Crippen molar-refractivity contribution in [1.29, 1.82) is 5.26 Å². The predicted octanol–water partition coefficient (Wildman–Crippen LogP) is 5.89. The summed E-state index contributed by atoms with van der Waals surface area (Å²) in [6.45, 7) is 4.21. The van der Waals surface area contributed by atoms with E-state index in [0.717, 1.165) is 52.9 Å². The minimum absolute atomic E-state index is 0.130. The molecule has 0 saturated carbocycles. The molecule has 0 bridgehead atoms. The van der Waals surface area contributed by atoms with Crippen molar-refractivity contribution in [1.82, 2.24) is 9.88 Å². The summed E-state index contributed by atoms with van der Waals surface area (Å²) in [6.07, 6.45) is 2.96. The summed E-state index contributed by atoms with van der Waals surface area (Å²) in [5.41, 5.74) is 6.02. The van der Waals surface area contributed by atoms with Gasteiger partial charge in [-0.15, -0.1) is 0 Å². The van der Waals surface area contributed by atoms with Gasteiger partial charge in [0.1, 0.15) is 0 Å². The van der Waals surface area contributed by atoms with E-state index in [1.165, 1.54) is 0 Å². The fraction of sp³-hybridized carbons (Fsp3) is 0.219. The van der Waals surface area contributed by atoms with Crippen LogP contribution in [0.4, 0.5) is 0 Å². The zero-order valence-electron chi connectivity index (χ0n) is 21.3. The summed E-state index contributed by atoms with van der Waals surface area (Å²) in [6, 6.07) is 29.0. The lowest BCUT2D eigenvalue weighted by molar-refractivity contribution is -0.120. The van der Waals surface area contributed by atoms with E-state index in [1.807, 2.05) is 79.7 Å². The molecule has 0 aliphatic heterocycles. The standard InChI is InChI=1S/C32H31N3O2/c1-3-4-15-26-19-23(2)29(22-34-31(36)20-24-12-6-5-7-13-24)32(37)35(26)30-18-11-10-17-28(30)27-16-9-8-14-25(27)21-33/h5-14,16-19H,3-4,15,20,22H2,1-2H3,(H,34,36). The average Bonchev–Trinajstić information content (AvgIpc) is 2.92. The van der Waals surface area contributed by atoms with Crippen molar-refractivity contribution in [3.63, 3.8) is 0 Å². The van der Waals surface area contributed by atoms with Crippen LogP contribution in [0.25, 0.3) is 16.8 Å². The number of unbranched alkanes of at least 4 members (excludes halogenated alkanes) is 1. The zero-order valence-corrected chi connectivity index (χ0v) is 21.3. The molecule has 4 rings (SSSR count). The summed E-state index contributed by atoms with van der Waals surface area (Å²) in [7, 11) is 0. The number of nitriles is 1. The number of pyridine rings is 1. The van der Waals surface area contributed by atoms with Crippen molar-refractivity contribution in [2.45, 2.75) is 46.1 Å². The Labute approximate surface area is 218 Å². The van der Waals surface area contributed by atoms with Crippen LogP contribution < -0.4 is 10.9 Å². The third-order valence-electron chi connectivity index (χ3n) is 6.55. The van der Waals surface area contributed by atoms with Gasteiger partial charge < -0.3 is 5.32 Å². The Kier molecular flexibility index (Phi) is 8.33. The number of amides is 1. The first-order chi connectivity index (χ1) is 18.0. The van der Waals surface area contributed by atoms with Crippen molar-refractivity contribution in [2.24, 2.45) is 0 Å². The number of carbonyl (C=O) groups excluding carboxylic acids is 1. The van der Waals surface area contributed by atoms with Gasteiger partial charge in [-0.25, -0.2) is 0 Å². The van der Waals surface area contributed by atoms with Gasteiger partial charge >= 0.3 is 0 Å². The molecule has 0 aliphatic carbocycles. The Morgan fingerprint density at radius 2 is 1.62 bits per heavy atom. The molecule has 0 unspecified atom stereocenters. The Hall–Kier alpha value is -4.43. The summed E-state index contributed by atoms with van der Waals surface area (Å²) in [4.78, 5) is 26.7. The van der Waals surface area contributed by atoms with Gasteiger partial charge in [0.15, 0.2) is 0 Å². The number of aryl methyl sites for hydroxylation is 2. The highest BCUT2D eigenvalue weighted by atomic mass is 16.1. The molecule has 37 heavy (non-hydrogen) atoms. The summed E-state index contributed by atoms with van der Waals surface area (Å²) in [5.74, 6) is -0.130. The number of para-hydroxylation sites is 1. The lowest BCUT2D eigenvalue weighted by Crippen LogP contribution is -2.32. The average molecular weight is 490 g/mol. The van der Waals surface area contributed by atoms with E-state index in [1.54, 1.807) is 10.6 Å². The largest absolute Gasteiger partial charge is 0.352 e. The van der Waals surface area contributed by atoms with Gasteiger partial charge in [-0.2, -0.15) is 5.26 Å². The maximum Gasteiger partial charge on any atom is 0.260 e. The van der Waals surface area contributed by atoms with E-state index in [2.05, 4.69) is 24.4 Å². The van der Waals surface area contributed by atoms with E-state index in [0.29, 0.717) is 11.1 Å². The molecule has 186 valence electrons. The molecule has 0 spiro atoms. The molecule has 0 aliphatic rings. The number of hydrogen-bond donors (Lipinski definition) is 1. The van der Waals surface area contributed by atoms with Crippen molar-refractivity contribution in [3.05, 3.63) is 123 Å². The topological polar surface area (TPSA) is 74.9 Å². The number of carbonyl (C=O) groups is 1. The second-order valence-corrected chi connectivity index (χ2v) is 9.15. The van der Waals surface area contributed by atoms with E-state index in [9.17, 15) is 14.9 Å². The molecule has 5 nitrogen and oxygen atoms in total. The first-order valence-electron chi connectivity index (χ1n) is 12.7. The molecule has 1 aromatic heterocycles. The molecule has 0 radical (unpaired) electrons. The van der Waals surface area contributed by atoms with E-state index < -0.39 is 0 Å². The lowest BCUT2D eigenvalue weighted by atomic mass is 9.97. The van der Waals surface area contributed by atoms with Crippen LogP contribution in [0, 0.1) is 18.3 Å². The number of nitrogens with one attached hydrogen (secondary N) is 1. The molecule has 1 heterocycles. The van der Waals surface area contributed by atoms with Gasteiger partial charge in [0.05, 0.1) is 23.7 Å². The molecule has 5 heteroatoms. The van der Waals surface area contributed by atoms with Crippen molar-refractivity contribution in [2.75, 3.05) is 0 Å². The van der Waals surface area contributed by atoms with Gasteiger partial charge in [0.25, 0.3) is 5.56 Å². The van der Waals surface area contributed by atoms with Gasteiger partial charge in [-0.05, 0) is 49.1 Å². The van der Waals surface area contributed by atoms with Gasteiger partial charge in [0, 0.05) is 28.9 Å². The lowest BCUT2D eigenvalue weighted by Gasteiger charge is -2.20. The molecule has 0 saturated heterocycles. The van der Waals surface area contributed by atoms with E-state index in [4.69, 9.17) is 0 Å². The van der Waals surface area contributed by atoms with E-state index >= 15 is 0 Å². The van der Waals surface area contributed by atoms with Crippen LogP contribution in [-0.4, -0.2) is 10.5 Å². The Morgan fingerprint density at radius 3 is 2.35 bits per heavy atom. The second-order valence-electron chi connectivity index (χ2n) is 9.15. The van der Waals surface area contributed by atoms with Crippen LogP contribution in [0.3, 0.4) is 0 Å². The van der Waals surface area contributed by atoms with Crippen LogP contribution in [-0.2, 0) is 24.2 Å². The smallest absolute Gasteiger partial charge is 0.260 e. The highest BCUT2D eigenvalue weighted by Gasteiger charge is 2.18. The molecule has 0 atom stereocenters. The number of aromatic nitrogens is 1. The van der Waals surface area contributed by atoms with Crippen LogP contribution in [0.5, 0.6) is 0 Å². The Morgan fingerprint density at radius 1 is 0.946 bits per heavy atom. The van der Waals surface area contributed by atoms with Crippen LogP contribution in [0.15, 0.2) is 89.7 Å². The highest BCUT2D eigenvalue weighted by molar-refractivity contribution is 5.79. The fourth-order valence-corrected chi connectivity index (χ4v) is 4.60. The third-order valence-corrected chi connectivity index (χ3v) is 6.55. The molecule has 0 fully saturated rings. The first-order valence-corrected chi connectivity index (χ1v) is 12.7. The monoisotopic (exact) mass is 489 g/mol. The second kappa shape index (κ2) is 12.0. The maximum absolute atomic E-state index is 14.0. The Balaban J connectivity index is 1.77. The zero-order chi connectivity index (χ0) is 26.2. The minimum Gasteiger partial charge on any atom is -0.352 e. The molecule has 1 amide bonds. The normalized spacial score (nSPS) is 10.6. The van der Waals surface area contributed by atoms with Crippen LogP contribution in [0.2, 0.25) is 0 Å². The predicted molar refractivity (Wildman–Crippen MR) is 148 cm³/mol. The van der Waals surface area contributed by atoms with Gasteiger partial charge in [-0.3, -0.25) is 14.2 Å². The summed E-state index contributed by atoms with van der Waals surface area (Å²) < 4.78 is 1.77. The van der Waals surface area contributed by atoms with Gasteiger partial charge in [-0.1, -0.05) is 80.1 Å². The Bertz CT molecular complexity index is 1500. The van der Waals surface area contributed by atoms with Gasteiger partial charge in [0.2, 0.25) is 5.91 Å². The highest BCUT2D eigenvalue weighted by Crippen LogP contribution is 2.30. The summed E-state index contributed by atoms with van der Waals surface area (Å²) >= 11 is 0. The molecular formula is C32H31N3O2. The SMILES string of the molecule is CCCCc1cc(C)c(CNC(=O)Cc2ccccc2)c(=O)n1-c1ccccc1-c1ccccc1C#N. The minimum atomic E-state index is -0.145. The first kappa shape index (κ1) is 25.7. The summed E-state index contributed by atoms with van der Waals surface area (Å²) in [5, 5.41) is 12.7. The molecule has 1 N–H and O–H groups in total. The molecule has 3 aromatic carbocycles. The number of benzene rings is 3. The molecule has 4 aromatic rings. The van der Waals surface area contributed by atoms with Crippen molar-refractivity contribution >= 4 is 5.91 Å². The third kappa shape index (κ3) is 5.87. The maximum atomic E-state index is 14.0. The number of rotatable bonds is 9. The number of nitrogens with zero attached hydrogens (tertiary/aromatic N) is 2. The van der Waals surface area contributed by atoms with Crippen LogP contribution >= 0.6 is 0 Å².